The SMILES string of the molecule is O=C(O)c1cccc(C(=O)O)c1C(=O)c1c(C(=O)O)cccc1C(=O)O. The van der Waals surface area contributed by atoms with Gasteiger partial charge in [-0.1, -0.05) is 12.1 Å². The van der Waals surface area contributed by atoms with Crippen LogP contribution in [0.1, 0.15) is 57.4 Å². The Labute approximate surface area is 144 Å². The van der Waals surface area contributed by atoms with Crippen molar-refractivity contribution in [3.8, 4) is 0 Å². The highest BCUT2D eigenvalue weighted by Crippen LogP contribution is 2.25. The van der Waals surface area contributed by atoms with Gasteiger partial charge in [0, 0.05) is 0 Å². The van der Waals surface area contributed by atoms with Crippen LogP contribution in [-0.2, 0) is 0 Å². The molecule has 9 heteroatoms. The zero-order valence-electron chi connectivity index (χ0n) is 12.8. The molecule has 9 nitrogen and oxygen atoms in total. The summed E-state index contributed by atoms with van der Waals surface area (Å²) in [5.74, 6) is -7.82. The smallest absolute Gasteiger partial charge is 0.336 e. The summed E-state index contributed by atoms with van der Waals surface area (Å²) in [7, 11) is 0. The second-order valence-corrected chi connectivity index (χ2v) is 5.01. The van der Waals surface area contributed by atoms with E-state index in [0.717, 1.165) is 36.4 Å². The fraction of sp³-hybridized carbons (Fsp3) is 0. The van der Waals surface area contributed by atoms with E-state index in [-0.39, 0.29) is 0 Å². The standard InChI is InChI=1S/C17H10O9/c18-13(11-7(14(19)20)3-1-4-8(11)15(21)22)12-9(16(23)24)5-2-6-10(12)17(25)26/h1-6H,(H,19,20)(H,21,22)(H,23,24)(H,25,26). The Balaban J connectivity index is 2.91. The van der Waals surface area contributed by atoms with Crippen molar-refractivity contribution in [1.29, 1.82) is 0 Å². The van der Waals surface area contributed by atoms with E-state index in [1.807, 2.05) is 0 Å². The summed E-state index contributed by atoms with van der Waals surface area (Å²) in [5, 5.41) is 37.0. The van der Waals surface area contributed by atoms with Crippen molar-refractivity contribution in [1.82, 2.24) is 0 Å². The first-order valence-corrected chi connectivity index (χ1v) is 6.90. The number of carbonyl (C=O) groups excluding carboxylic acids is 1. The first-order chi connectivity index (χ1) is 12.2. The van der Waals surface area contributed by atoms with E-state index in [1.165, 1.54) is 0 Å². The Kier molecular flexibility index (Phi) is 4.83. The Morgan fingerprint density at radius 1 is 0.500 bits per heavy atom. The highest BCUT2D eigenvalue weighted by Gasteiger charge is 2.30. The molecule has 0 aliphatic heterocycles. The third-order valence-electron chi connectivity index (χ3n) is 3.50. The average molecular weight is 358 g/mol. The Hall–Kier alpha value is -4.01. The molecule has 0 amide bonds. The van der Waals surface area contributed by atoms with Gasteiger partial charge in [-0.3, -0.25) is 4.79 Å². The van der Waals surface area contributed by atoms with Crippen LogP contribution in [0.25, 0.3) is 0 Å². The maximum Gasteiger partial charge on any atom is 0.336 e. The van der Waals surface area contributed by atoms with Crippen molar-refractivity contribution < 1.29 is 44.4 Å². The van der Waals surface area contributed by atoms with Crippen LogP contribution in [-0.4, -0.2) is 50.1 Å². The van der Waals surface area contributed by atoms with Gasteiger partial charge in [0.2, 0.25) is 0 Å². The fourth-order valence-corrected chi connectivity index (χ4v) is 2.43. The summed E-state index contributed by atoms with van der Waals surface area (Å²) in [5.41, 5.74) is -4.36. The van der Waals surface area contributed by atoms with Gasteiger partial charge in [-0.2, -0.15) is 0 Å². The van der Waals surface area contributed by atoms with Crippen LogP contribution in [0, 0.1) is 0 Å². The molecule has 26 heavy (non-hydrogen) atoms. The van der Waals surface area contributed by atoms with E-state index < -0.39 is 63.0 Å². The quantitative estimate of drug-likeness (QED) is 0.562. The highest BCUT2D eigenvalue weighted by molar-refractivity contribution is 6.24. The van der Waals surface area contributed by atoms with E-state index in [9.17, 15) is 44.4 Å². The molecule has 0 aliphatic rings. The van der Waals surface area contributed by atoms with Crippen molar-refractivity contribution in [3.63, 3.8) is 0 Å². The number of carbonyl (C=O) groups is 5. The topological polar surface area (TPSA) is 166 Å². The van der Waals surface area contributed by atoms with Crippen LogP contribution < -0.4 is 0 Å². The molecular weight excluding hydrogens is 348 g/mol. The summed E-state index contributed by atoms with van der Waals surface area (Å²) in [6.07, 6.45) is 0. The number of hydrogen-bond donors (Lipinski definition) is 4. The molecule has 0 bridgehead atoms. The van der Waals surface area contributed by atoms with Crippen LogP contribution in [0.2, 0.25) is 0 Å². The zero-order chi connectivity index (χ0) is 19.6. The molecule has 4 N–H and O–H groups in total. The van der Waals surface area contributed by atoms with Gasteiger partial charge in [-0.25, -0.2) is 19.2 Å². The van der Waals surface area contributed by atoms with Crippen LogP contribution in [0.15, 0.2) is 36.4 Å². The van der Waals surface area contributed by atoms with Gasteiger partial charge in [0.15, 0.2) is 5.78 Å². The van der Waals surface area contributed by atoms with E-state index >= 15 is 0 Å². The molecule has 0 aromatic heterocycles. The lowest BCUT2D eigenvalue weighted by Gasteiger charge is -2.13. The van der Waals surface area contributed by atoms with E-state index in [4.69, 9.17) is 0 Å². The third kappa shape index (κ3) is 3.13. The first-order valence-electron chi connectivity index (χ1n) is 6.90. The number of carboxylic acids is 4. The third-order valence-corrected chi connectivity index (χ3v) is 3.50. The molecule has 0 fully saturated rings. The summed E-state index contributed by atoms with van der Waals surface area (Å²) < 4.78 is 0. The number of benzene rings is 2. The van der Waals surface area contributed by atoms with Crippen LogP contribution in [0.5, 0.6) is 0 Å². The van der Waals surface area contributed by atoms with Gasteiger partial charge >= 0.3 is 23.9 Å². The van der Waals surface area contributed by atoms with Gasteiger partial charge in [-0.05, 0) is 24.3 Å². The van der Waals surface area contributed by atoms with Crippen LogP contribution in [0.3, 0.4) is 0 Å². The normalized spacial score (nSPS) is 10.2. The van der Waals surface area contributed by atoms with E-state index in [1.54, 1.807) is 0 Å². The molecule has 0 saturated carbocycles. The summed E-state index contributed by atoms with van der Waals surface area (Å²) >= 11 is 0. The van der Waals surface area contributed by atoms with Gasteiger partial charge in [0.05, 0.1) is 33.4 Å². The number of rotatable bonds is 6. The summed E-state index contributed by atoms with van der Waals surface area (Å²) in [6, 6.07) is 6.06. The predicted molar refractivity (Wildman–Crippen MR) is 84.2 cm³/mol. The lowest BCUT2D eigenvalue weighted by molar-refractivity contribution is 0.0677. The monoisotopic (exact) mass is 358 g/mol. The van der Waals surface area contributed by atoms with Gasteiger partial charge in [0.1, 0.15) is 0 Å². The molecule has 132 valence electrons. The Morgan fingerprint density at radius 3 is 0.923 bits per heavy atom. The largest absolute Gasteiger partial charge is 0.478 e. The minimum Gasteiger partial charge on any atom is -0.478 e. The number of hydrogen-bond acceptors (Lipinski definition) is 5. The van der Waals surface area contributed by atoms with Crippen LogP contribution in [0.4, 0.5) is 0 Å². The van der Waals surface area contributed by atoms with Gasteiger partial charge in [0.25, 0.3) is 0 Å². The maximum absolute atomic E-state index is 12.9. The molecule has 2 rings (SSSR count). The molecule has 2 aromatic rings. The van der Waals surface area contributed by atoms with Crippen molar-refractivity contribution in [3.05, 3.63) is 69.8 Å². The van der Waals surface area contributed by atoms with E-state index in [2.05, 4.69) is 0 Å². The van der Waals surface area contributed by atoms with Crippen LogP contribution >= 0.6 is 0 Å². The molecule has 0 radical (unpaired) electrons. The summed E-state index contributed by atoms with van der Waals surface area (Å²) in [6.45, 7) is 0. The van der Waals surface area contributed by atoms with Crippen molar-refractivity contribution in [2.75, 3.05) is 0 Å². The number of ketones is 1. The number of carboxylic acid groups (broad SMARTS) is 4. The molecule has 2 aromatic carbocycles. The lowest BCUT2D eigenvalue weighted by atomic mass is 9.88. The molecule has 0 aliphatic carbocycles. The van der Waals surface area contributed by atoms with Crippen molar-refractivity contribution in [2.24, 2.45) is 0 Å². The molecule has 0 unspecified atom stereocenters. The van der Waals surface area contributed by atoms with Crippen molar-refractivity contribution in [2.45, 2.75) is 0 Å². The molecule has 0 saturated heterocycles. The fourth-order valence-electron chi connectivity index (χ4n) is 2.43. The van der Waals surface area contributed by atoms with E-state index in [0.29, 0.717) is 0 Å². The second-order valence-electron chi connectivity index (χ2n) is 5.01. The molecule has 0 spiro atoms. The Bertz CT molecular complexity index is 830. The number of aromatic carboxylic acids is 4. The predicted octanol–water partition coefficient (Wildman–Crippen LogP) is 1.71. The molecular formula is C17H10O9. The molecule has 0 heterocycles. The first kappa shape index (κ1) is 18.3. The van der Waals surface area contributed by atoms with Crippen molar-refractivity contribution >= 4 is 29.7 Å². The lowest BCUT2D eigenvalue weighted by Crippen LogP contribution is -2.21. The zero-order valence-corrected chi connectivity index (χ0v) is 12.8. The van der Waals surface area contributed by atoms with Gasteiger partial charge in [-0.15, -0.1) is 0 Å². The van der Waals surface area contributed by atoms with Gasteiger partial charge < -0.3 is 20.4 Å². The second kappa shape index (κ2) is 6.85. The average Bonchev–Trinajstić information content (AvgIpc) is 2.59. The minimum atomic E-state index is -1.62. The highest BCUT2D eigenvalue weighted by atomic mass is 16.4. The minimum absolute atomic E-state index is 0.688. The summed E-state index contributed by atoms with van der Waals surface area (Å²) in [4.78, 5) is 58.5. The maximum atomic E-state index is 12.9. The Morgan fingerprint density at radius 2 is 0.731 bits per heavy atom. The molecule has 0 atom stereocenters.